The highest BCUT2D eigenvalue weighted by molar-refractivity contribution is 14.0. The number of para-hydroxylation sites is 2. The first-order valence-electron chi connectivity index (χ1n) is 9.33. The molecule has 7 heteroatoms. The number of methoxy groups -OCH3 is 1. The molecule has 0 amide bonds. The summed E-state index contributed by atoms with van der Waals surface area (Å²) in [7, 11) is 3.82. The van der Waals surface area contributed by atoms with Crippen LogP contribution in [0.5, 0.6) is 5.75 Å². The Hall–Kier alpha value is -1.84. The van der Waals surface area contributed by atoms with Crippen molar-refractivity contribution < 1.29 is 4.74 Å². The molecule has 28 heavy (non-hydrogen) atoms. The van der Waals surface area contributed by atoms with Crippen molar-refractivity contribution in [3.8, 4) is 5.75 Å². The van der Waals surface area contributed by atoms with E-state index in [1.54, 1.807) is 7.11 Å². The summed E-state index contributed by atoms with van der Waals surface area (Å²) in [5, 5.41) is 3.09. The van der Waals surface area contributed by atoms with Gasteiger partial charge in [0.05, 0.1) is 19.3 Å². The molecule has 3 rings (SSSR count). The highest BCUT2D eigenvalue weighted by atomic mass is 127. The summed E-state index contributed by atoms with van der Waals surface area (Å²) < 4.78 is 5.31. The highest BCUT2D eigenvalue weighted by Crippen LogP contribution is 2.22. The minimum Gasteiger partial charge on any atom is -0.495 e. The summed E-state index contributed by atoms with van der Waals surface area (Å²) in [6.07, 6.45) is 0. The smallest absolute Gasteiger partial charge is 0.193 e. The SMILES string of the molecule is COc1ccccc1NC(N)=NCc1ccc(CN2CCN(C)CC2)cc1.I. The molecule has 0 unspecified atom stereocenters. The summed E-state index contributed by atoms with van der Waals surface area (Å²) >= 11 is 0. The molecule has 0 bridgehead atoms. The van der Waals surface area contributed by atoms with Gasteiger partial charge in [0.2, 0.25) is 0 Å². The second kappa shape index (κ2) is 11.2. The van der Waals surface area contributed by atoms with E-state index < -0.39 is 0 Å². The van der Waals surface area contributed by atoms with Gasteiger partial charge in [0, 0.05) is 32.7 Å². The number of guanidine groups is 1. The maximum atomic E-state index is 6.01. The molecular weight excluding hydrogens is 465 g/mol. The third-order valence-corrected chi connectivity index (χ3v) is 4.83. The number of hydrogen-bond acceptors (Lipinski definition) is 4. The average Bonchev–Trinajstić information content (AvgIpc) is 2.69. The molecule has 0 atom stereocenters. The van der Waals surface area contributed by atoms with Crippen LogP contribution in [-0.4, -0.2) is 56.1 Å². The largest absolute Gasteiger partial charge is 0.495 e. The molecule has 6 nitrogen and oxygen atoms in total. The molecule has 2 aromatic carbocycles. The summed E-state index contributed by atoms with van der Waals surface area (Å²) in [4.78, 5) is 9.31. The lowest BCUT2D eigenvalue weighted by Gasteiger charge is -2.32. The lowest BCUT2D eigenvalue weighted by Crippen LogP contribution is -2.43. The number of benzene rings is 2. The fourth-order valence-corrected chi connectivity index (χ4v) is 3.12. The molecule has 0 spiro atoms. The molecule has 0 saturated carbocycles. The lowest BCUT2D eigenvalue weighted by molar-refractivity contribution is 0.148. The minimum absolute atomic E-state index is 0. The molecule has 1 heterocycles. The topological polar surface area (TPSA) is 66.1 Å². The van der Waals surface area contributed by atoms with Crippen molar-refractivity contribution >= 4 is 35.6 Å². The van der Waals surface area contributed by atoms with Gasteiger partial charge in [-0.25, -0.2) is 4.99 Å². The summed E-state index contributed by atoms with van der Waals surface area (Å²) in [6, 6.07) is 16.3. The first-order valence-corrected chi connectivity index (χ1v) is 9.33. The van der Waals surface area contributed by atoms with Crippen LogP contribution in [0.15, 0.2) is 53.5 Å². The van der Waals surface area contributed by atoms with Crippen molar-refractivity contribution in [2.45, 2.75) is 13.1 Å². The molecule has 1 aliphatic heterocycles. The van der Waals surface area contributed by atoms with Crippen LogP contribution in [0.1, 0.15) is 11.1 Å². The van der Waals surface area contributed by atoms with Gasteiger partial charge in [-0.2, -0.15) is 0 Å². The second-order valence-corrected chi connectivity index (χ2v) is 6.92. The number of likely N-dealkylation sites (N-methyl/N-ethyl adjacent to an activating group) is 1. The molecule has 3 N–H and O–H groups in total. The van der Waals surface area contributed by atoms with E-state index in [0.717, 1.165) is 49.7 Å². The van der Waals surface area contributed by atoms with E-state index in [9.17, 15) is 0 Å². The van der Waals surface area contributed by atoms with Crippen LogP contribution < -0.4 is 15.8 Å². The van der Waals surface area contributed by atoms with Crippen molar-refractivity contribution in [3.63, 3.8) is 0 Å². The predicted octanol–water partition coefficient (Wildman–Crippen LogP) is 2.99. The lowest BCUT2D eigenvalue weighted by atomic mass is 10.1. The number of anilines is 1. The number of aliphatic imine (C=N–C) groups is 1. The number of hydrogen-bond donors (Lipinski definition) is 2. The molecule has 0 aliphatic carbocycles. The molecule has 1 aliphatic rings. The van der Waals surface area contributed by atoms with Gasteiger partial charge >= 0.3 is 0 Å². The van der Waals surface area contributed by atoms with Gasteiger partial charge in [0.25, 0.3) is 0 Å². The number of nitrogens with two attached hydrogens (primary N) is 1. The zero-order valence-corrected chi connectivity index (χ0v) is 18.9. The minimum atomic E-state index is 0. The van der Waals surface area contributed by atoms with E-state index in [-0.39, 0.29) is 24.0 Å². The standard InChI is InChI=1S/C21H29N5O.HI/c1-25-11-13-26(14-12-25)16-18-9-7-17(8-10-18)15-23-21(22)24-19-5-3-4-6-20(19)27-2;/h3-10H,11-16H2,1-2H3,(H3,22,23,24);1H. The molecule has 0 radical (unpaired) electrons. The molecular formula is C21H30IN5O. The van der Waals surface area contributed by atoms with Crippen LogP contribution in [0, 0.1) is 0 Å². The molecule has 1 fully saturated rings. The Morgan fingerprint density at radius 1 is 1.04 bits per heavy atom. The number of halogens is 1. The van der Waals surface area contributed by atoms with Crippen molar-refractivity contribution in [2.24, 2.45) is 10.7 Å². The maximum Gasteiger partial charge on any atom is 0.193 e. The molecule has 2 aromatic rings. The van der Waals surface area contributed by atoms with Crippen molar-refractivity contribution in [2.75, 3.05) is 45.7 Å². The van der Waals surface area contributed by atoms with E-state index in [0.29, 0.717) is 12.5 Å². The van der Waals surface area contributed by atoms with Gasteiger partial charge in [0.1, 0.15) is 5.75 Å². The first-order chi connectivity index (χ1) is 13.1. The van der Waals surface area contributed by atoms with Crippen LogP contribution in [-0.2, 0) is 13.1 Å². The Kier molecular flexibility index (Phi) is 9.01. The zero-order valence-electron chi connectivity index (χ0n) is 16.6. The third kappa shape index (κ3) is 6.65. The number of nitrogens with zero attached hydrogens (tertiary/aromatic N) is 3. The van der Waals surface area contributed by atoms with E-state index in [4.69, 9.17) is 10.5 Å². The summed E-state index contributed by atoms with van der Waals surface area (Å²) in [5.74, 6) is 1.12. The van der Waals surface area contributed by atoms with Crippen molar-refractivity contribution in [3.05, 3.63) is 59.7 Å². The van der Waals surface area contributed by atoms with Crippen LogP contribution in [0.3, 0.4) is 0 Å². The monoisotopic (exact) mass is 495 g/mol. The fourth-order valence-electron chi connectivity index (χ4n) is 3.12. The van der Waals surface area contributed by atoms with E-state index in [1.807, 2.05) is 24.3 Å². The van der Waals surface area contributed by atoms with Gasteiger partial charge < -0.3 is 20.7 Å². The van der Waals surface area contributed by atoms with Gasteiger partial charge in [-0.1, -0.05) is 36.4 Å². The Bertz CT molecular complexity index is 758. The van der Waals surface area contributed by atoms with E-state index in [2.05, 4.69) is 51.4 Å². The number of rotatable bonds is 6. The van der Waals surface area contributed by atoms with Crippen LogP contribution in [0.2, 0.25) is 0 Å². The molecule has 1 saturated heterocycles. The van der Waals surface area contributed by atoms with Crippen LogP contribution >= 0.6 is 24.0 Å². The second-order valence-electron chi connectivity index (χ2n) is 6.92. The van der Waals surface area contributed by atoms with Gasteiger partial charge in [-0.15, -0.1) is 24.0 Å². The van der Waals surface area contributed by atoms with Gasteiger partial charge in [-0.05, 0) is 30.3 Å². The number of ether oxygens (including phenoxy) is 1. The Morgan fingerprint density at radius 2 is 1.68 bits per heavy atom. The summed E-state index contributed by atoms with van der Waals surface area (Å²) in [5.41, 5.74) is 9.30. The number of nitrogens with one attached hydrogen (secondary N) is 1. The molecule has 0 aromatic heterocycles. The van der Waals surface area contributed by atoms with Crippen LogP contribution in [0.25, 0.3) is 0 Å². The maximum absolute atomic E-state index is 6.01. The number of piperazine rings is 1. The fraction of sp³-hybridized carbons (Fsp3) is 0.381. The Balaban J connectivity index is 0.00000280. The normalized spacial score (nSPS) is 15.7. The Morgan fingerprint density at radius 3 is 2.36 bits per heavy atom. The zero-order chi connectivity index (χ0) is 19.1. The quantitative estimate of drug-likeness (QED) is 0.367. The van der Waals surface area contributed by atoms with Gasteiger partial charge in [0.15, 0.2) is 5.96 Å². The van der Waals surface area contributed by atoms with E-state index in [1.165, 1.54) is 5.56 Å². The Labute approximate surface area is 184 Å². The van der Waals surface area contributed by atoms with Crippen LogP contribution in [0.4, 0.5) is 5.69 Å². The molecule has 152 valence electrons. The van der Waals surface area contributed by atoms with Crippen molar-refractivity contribution in [1.29, 1.82) is 0 Å². The highest BCUT2D eigenvalue weighted by Gasteiger charge is 2.13. The van der Waals surface area contributed by atoms with Crippen molar-refractivity contribution in [1.82, 2.24) is 9.80 Å². The predicted molar refractivity (Wildman–Crippen MR) is 127 cm³/mol. The summed E-state index contributed by atoms with van der Waals surface area (Å²) in [6.45, 7) is 6.11. The average molecular weight is 495 g/mol. The third-order valence-electron chi connectivity index (χ3n) is 4.83. The first kappa shape index (κ1) is 22.4. The van der Waals surface area contributed by atoms with Gasteiger partial charge in [-0.3, -0.25) is 4.90 Å². The van der Waals surface area contributed by atoms with E-state index >= 15 is 0 Å².